The van der Waals surface area contributed by atoms with E-state index in [2.05, 4.69) is 16.2 Å². The minimum absolute atomic E-state index is 0.479. The second-order valence-electron chi connectivity index (χ2n) is 4.10. The summed E-state index contributed by atoms with van der Waals surface area (Å²) in [6.45, 7) is 2.51. The van der Waals surface area contributed by atoms with Crippen molar-refractivity contribution in [1.29, 1.82) is 0 Å². The summed E-state index contributed by atoms with van der Waals surface area (Å²) >= 11 is 0. The van der Waals surface area contributed by atoms with Gasteiger partial charge in [-0.1, -0.05) is 47.6 Å². The quantitative estimate of drug-likeness (QED) is 0.604. The summed E-state index contributed by atoms with van der Waals surface area (Å²) in [5.74, 6) is 0.890. The van der Waals surface area contributed by atoms with Crippen molar-refractivity contribution in [2.24, 2.45) is 5.16 Å². The van der Waals surface area contributed by atoms with Gasteiger partial charge in [0.15, 0.2) is 0 Å². The molecule has 0 saturated carbocycles. The molecule has 0 amide bonds. The molecule has 19 heavy (non-hydrogen) atoms. The molecule has 3 heteroatoms. The van der Waals surface area contributed by atoms with E-state index in [1.807, 2.05) is 55.5 Å². The van der Waals surface area contributed by atoms with Crippen LogP contribution in [0, 0.1) is 6.92 Å². The van der Waals surface area contributed by atoms with E-state index in [0.29, 0.717) is 6.61 Å². The van der Waals surface area contributed by atoms with E-state index in [9.17, 15) is 0 Å². The van der Waals surface area contributed by atoms with E-state index in [4.69, 9.17) is 4.74 Å². The molecule has 0 spiro atoms. The Morgan fingerprint density at radius 1 is 1.05 bits per heavy atom. The van der Waals surface area contributed by atoms with E-state index in [1.165, 1.54) is 7.11 Å². The smallest absolute Gasteiger partial charge is 0.140 e. The van der Waals surface area contributed by atoms with E-state index in [1.54, 1.807) is 0 Å². The SMILES string of the molecule is CO/N=[C]\c1ccccc1COc1ccccc1C. The van der Waals surface area contributed by atoms with E-state index < -0.39 is 0 Å². The molecule has 0 aliphatic rings. The van der Waals surface area contributed by atoms with Crippen molar-refractivity contribution >= 4 is 6.21 Å². The van der Waals surface area contributed by atoms with Gasteiger partial charge >= 0.3 is 0 Å². The second kappa shape index (κ2) is 6.59. The minimum Gasteiger partial charge on any atom is -0.489 e. The van der Waals surface area contributed by atoms with Gasteiger partial charge in [-0.25, -0.2) is 0 Å². The summed E-state index contributed by atoms with van der Waals surface area (Å²) in [4.78, 5) is 4.66. The largest absolute Gasteiger partial charge is 0.489 e. The third-order valence-corrected chi connectivity index (χ3v) is 2.75. The van der Waals surface area contributed by atoms with Gasteiger partial charge in [0, 0.05) is 5.56 Å². The highest BCUT2D eigenvalue weighted by atomic mass is 16.6. The number of hydrogen-bond acceptors (Lipinski definition) is 3. The zero-order valence-corrected chi connectivity index (χ0v) is 11.1. The molecule has 97 valence electrons. The van der Waals surface area contributed by atoms with Crippen LogP contribution in [0.4, 0.5) is 0 Å². The van der Waals surface area contributed by atoms with Gasteiger partial charge in [0.1, 0.15) is 25.7 Å². The van der Waals surface area contributed by atoms with Crippen LogP contribution in [0.1, 0.15) is 16.7 Å². The maximum atomic E-state index is 5.82. The Balaban J connectivity index is 2.11. The Bertz CT molecular complexity index is 564. The summed E-state index contributed by atoms with van der Waals surface area (Å²) in [7, 11) is 1.50. The lowest BCUT2D eigenvalue weighted by molar-refractivity contribution is 0.215. The summed E-state index contributed by atoms with van der Waals surface area (Å²) in [5.41, 5.74) is 3.01. The third kappa shape index (κ3) is 3.58. The monoisotopic (exact) mass is 254 g/mol. The number of benzene rings is 2. The molecule has 0 fully saturated rings. The van der Waals surface area contributed by atoms with Gasteiger partial charge in [0.25, 0.3) is 0 Å². The van der Waals surface area contributed by atoms with E-state index in [-0.39, 0.29) is 0 Å². The van der Waals surface area contributed by atoms with Crippen molar-refractivity contribution in [3.63, 3.8) is 0 Å². The Hall–Kier alpha value is -2.29. The van der Waals surface area contributed by atoms with Crippen LogP contribution in [-0.4, -0.2) is 13.3 Å². The molecule has 2 aromatic rings. The van der Waals surface area contributed by atoms with Gasteiger partial charge in [-0.2, -0.15) is 0 Å². The van der Waals surface area contributed by atoms with Crippen LogP contribution in [0.3, 0.4) is 0 Å². The minimum atomic E-state index is 0.479. The molecule has 0 bridgehead atoms. The molecule has 0 heterocycles. The predicted octanol–water partition coefficient (Wildman–Crippen LogP) is 3.43. The van der Waals surface area contributed by atoms with Gasteiger partial charge in [0.05, 0.1) is 0 Å². The number of ether oxygens (including phenoxy) is 1. The van der Waals surface area contributed by atoms with Crippen LogP contribution < -0.4 is 4.74 Å². The zero-order valence-electron chi connectivity index (χ0n) is 11.1. The van der Waals surface area contributed by atoms with Gasteiger partial charge in [-0.15, -0.1) is 0 Å². The number of nitrogens with zero attached hydrogens (tertiary/aromatic N) is 1. The molecular formula is C16H16NO2. The number of hydrogen-bond donors (Lipinski definition) is 0. The maximum absolute atomic E-state index is 5.82. The first-order valence-electron chi connectivity index (χ1n) is 6.07. The number of aryl methyl sites for hydroxylation is 1. The molecule has 0 unspecified atom stereocenters. The molecule has 0 atom stereocenters. The zero-order chi connectivity index (χ0) is 13.5. The summed E-state index contributed by atoms with van der Waals surface area (Å²) in [6.07, 6.45) is 2.84. The van der Waals surface area contributed by atoms with Crippen LogP contribution in [0.25, 0.3) is 0 Å². The van der Waals surface area contributed by atoms with Gasteiger partial charge in [0.2, 0.25) is 0 Å². The average molecular weight is 254 g/mol. The van der Waals surface area contributed by atoms with Gasteiger partial charge in [-0.3, -0.25) is 0 Å². The molecule has 0 aliphatic heterocycles. The van der Waals surface area contributed by atoms with Crippen LogP contribution >= 0.6 is 0 Å². The molecule has 0 N–H and O–H groups in total. The molecule has 3 nitrogen and oxygen atoms in total. The van der Waals surface area contributed by atoms with Crippen LogP contribution in [0.5, 0.6) is 5.75 Å². The fraction of sp³-hybridized carbons (Fsp3) is 0.188. The molecule has 0 saturated heterocycles. The normalized spacial score (nSPS) is 10.6. The molecule has 1 radical (unpaired) electrons. The first kappa shape index (κ1) is 13.1. The average Bonchev–Trinajstić information content (AvgIpc) is 2.45. The molecule has 2 aromatic carbocycles. The number of para-hydroxylation sites is 1. The van der Waals surface area contributed by atoms with Crippen molar-refractivity contribution in [2.45, 2.75) is 13.5 Å². The van der Waals surface area contributed by atoms with Crippen molar-refractivity contribution in [3.8, 4) is 5.75 Å². The van der Waals surface area contributed by atoms with E-state index >= 15 is 0 Å². The number of rotatable bonds is 5. The summed E-state index contributed by atoms with van der Waals surface area (Å²) in [6, 6.07) is 15.8. The van der Waals surface area contributed by atoms with Crippen molar-refractivity contribution < 1.29 is 9.57 Å². The maximum Gasteiger partial charge on any atom is 0.140 e. The lowest BCUT2D eigenvalue weighted by Crippen LogP contribution is -2.00. The first-order chi connectivity index (χ1) is 9.31. The van der Waals surface area contributed by atoms with Gasteiger partial charge < -0.3 is 9.57 Å². The fourth-order valence-electron chi connectivity index (χ4n) is 1.72. The highest BCUT2D eigenvalue weighted by molar-refractivity contribution is 5.81. The van der Waals surface area contributed by atoms with Crippen LogP contribution in [0.2, 0.25) is 0 Å². The van der Waals surface area contributed by atoms with E-state index in [0.717, 1.165) is 22.4 Å². The molecular weight excluding hydrogens is 238 g/mol. The first-order valence-corrected chi connectivity index (χ1v) is 6.07. The lowest BCUT2D eigenvalue weighted by atomic mass is 10.1. The Labute approximate surface area is 113 Å². The van der Waals surface area contributed by atoms with Crippen LogP contribution in [-0.2, 0) is 11.4 Å². The van der Waals surface area contributed by atoms with Gasteiger partial charge in [-0.05, 0) is 24.1 Å². The second-order valence-corrected chi connectivity index (χ2v) is 4.10. The Morgan fingerprint density at radius 3 is 2.58 bits per heavy atom. The van der Waals surface area contributed by atoms with Crippen molar-refractivity contribution in [2.75, 3.05) is 7.11 Å². The van der Waals surface area contributed by atoms with Crippen molar-refractivity contribution in [3.05, 3.63) is 65.2 Å². The summed E-state index contributed by atoms with van der Waals surface area (Å²) < 4.78 is 5.82. The standard InChI is InChI=1S/C16H16NO2/c1-13-7-3-6-10-16(13)19-12-15-9-5-4-8-14(15)11-17-18-2/h3-10H,12H2,1-2H3. The van der Waals surface area contributed by atoms with Crippen molar-refractivity contribution in [1.82, 2.24) is 0 Å². The predicted molar refractivity (Wildman–Crippen MR) is 75.5 cm³/mol. The molecule has 0 aliphatic carbocycles. The fourth-order valence-corrected chi connectivity index (χ4v) is 1.72. The Kier molecular flexibility index (Phi) is 4.56. The third-order valence-electron chi connectivity index (χ3n) is 2.75. The molecule has 0 aromatic heterocycles. The summed E-state index contributed by atoms with van der Waals surface area (Å²) in [5, 5.41) is 3.67. The Morgan fingerprint density at radius 2 is 1.79 bits per heavy atom. The van der Waals surface area contributed by atoms with Crippen LogP contribution in [0.15, 0.2) is 53.7 Å². The lowest BCUT2D eigenvalue weighted by Gasteiger charge is -2.10. The molecule has 2 rings (SSSR count). The highest BCUT2D eigenvalue weighted by Gasteiger charge is 2.03. The topological polar surface area (TPSA) is 30.8 Å². The highest BCUT2D eigenvalue weighted by Crippen LogP contribution is 2.18.